The van der Waals surface area contributed by atoms with Crippen molar-refractivity contribution in [2.24, 2.45) is 0 Å². The maximum atomic E-state index is 12.5. The predicted octanol–water partition coefficient (Wildman–Crippen LogP) is 4.65. The van der Waals surface area contributed by atoms with Gasteiger partial charge in [0.25, 0.3) is 0 Å². The summed E-state index contributed by atoms with van der Waals surface area (Å²) in [7, 11) is 0. The number of H-pyrrole nitrogens is 1. The first-order chi connectivity index (χ1) is 15.7. The Kier molecular flexibility index (Phi) is 7.46. The quantitative estimate of drug-likeness (QED) is 0.510. The lowest BCUT2D eigenvalue weighted by molar-refractivity contribution is -0.145. The van der Waals surface area contributed by atoms with Gasteiger partial charge in [0.15, 0.2) is 0 Å². The van der Waals surface area contributed by atoms with Crippen molar-refractivity contribution >= 4 is 12.1 Å². The Labute approximate surface area is 192 Å². The number of aromatic amines is 1. The molecule has 3 aromatic rings. The van der Waals surface area contributed by atoms with E-state index in [-0.39, 0.29) is 13.0 Å². The van der Waals surface area contributed by atoms with Gasteiger partial charge in [-0.1, -0.05) is 42.5 Å². The van der Waals surface area contributed by atoms with Crippen molar-refractivity contribution in [3.63, 3.8) is 0 Å². The van der Waals surface area contributed by atoms with Gasteiger partial charge in [0.1, 0.15) is 24.1 Å². The van der Waals surface area contributed by atoms with E-state index in [0.717, 1.165) is 11.1 Å². The molecule has 0 bridgehead atoms. The third-order valence-electron chi connectivity index (χ3n) is 4.55. The molecular weight excluding hydrogens is 420 g/mol. The number of alkyl carbamates (subject to hydrolysis) is 1. The lowest BCUT2D eigenvalue weighted by atomic mass is 10.1. The number of nitrogens with zero attached hydrogens (tertiary/aromatic N) is 2. The Bertz CT molecular complexity index is 1130. The van der Waals surface area contributed by atoms with E-state index in [1.54, 1.807) is 51.2 Å². The number of nitrogens with one attached hydrogen (secondary N) is 2. The summed E-state index contributed by atoms with van der Waals surface area (Å²) >= 11 is 0. The van der Waals surface area contributed by atoms with Crippen LogP contribution in [0.1, 0.15) is 50.2 Å². The highest BCUT2D eigenvalue weighted by molar-refractivity contribution is 5.73. The molecule has 33 heavy (non-hydrogen) atoms. The number of imidazole rings is 1. The number of ether oxygens (including phenoxy) is 2. The molecule has 1 atom stereocenters. The summed E-state index contributed by atoms with van der Waals surface area (Å²) in [5, 5.41) is 11.7. The van der Waals surface area contributed by atoms with Crippen LogP contribution in [-0.2, 0) is 20.9 Å². The highest BCUT2D eigenvalue weighted by Gasteiger charge is 2.25. The highest BCUT2D eigenvalue weighted by atomic mass is 16.6. The molecule has 1 amide bonds. The highest BCUT2D eigenvalue weighted by Crippen LogP contribution is 2.22. The number of hydrogen-bond acceptors (Lipinski definition) is 6. The Morgan fingerprint density at radius 3 is 2.45 bits per heavy atom. The van der Waals surface area contributed by atoms with Gasteiger partial charge in [-0.2, -0.15) is 5.26 Å². The van der Waals surface area contributed by atoms with Gasteiger partial charge in [-0.3, -0.25) is 4.79 Å². The fourth-order valence-corrected chi connectivity index (χ4v) is 3.01. The van der Waals surface area contributed by atoms with E-state index < -0.39 is 23.7 Å². The zero-order valence-corrected chi connectivity index (χ0v) is 18.8. The number of nitriles is 1. The Morgan fingerprint density at radius 2 is 1.82 bits per heavy atom. The van der Waals surface area contributed by atoms with Gasteiger partial charge in [0, 0.05) is 0 Å². The molecule has 2 N–H and O–H groups in total. The molecule has 0 aliphatic carbocycles. The molecule has 3 rings (SSSR count). The Hall–Kier alpha value is -4.12. The van der Waals surface area contributed by atoms with Gasteiger partial charge < -0.3 is 19.8 Å². The number of esters is 1. The Balaban J connectivity index is 1.74. The maximum absolute atomic E-state index is 12.5. The second kappa shape index (κ2) is 10.5. The number of rotatable bonds is 7. The van der Waals surface area contributed by atoms with Crippen LogP contribution < -0.4 is 5.32 Å². The normalized spacial score (nSPS) is 11.8. The minimum atomic E-state index is -0.782. The molecule has 0 aliphatic rings. The summed E-state index contributed by atoms with van der Waals surface area (Å²) in [6.45, 7) is 5.40. The number of carbonyl (C=O) groups is 2. The molecule has 1 aromatic heterocycles. The first-order valence-electron chi connectivity index (χ1n) is 10.5. The summed E-state index contributed by atoms with van der Waals surface area (Å²) in [4.78, 5) is 32.4. The Morgan fingerprint density at radius 1 is 1.12 bits per heavy atom. The summed E-state index contributed by atoms with van der Waals surface area (Å²) in [5.41, 5.74) is 2.21. The summed E-state index contributed by atoms with van der Waals surface area (Å²) in [6, 6.07) is 17.6. The van der Waals surface area contributed by atoms with Crippen molar-refractivity contribution in [3.05, 3.63) is 77.7 Å². The lowest BCUT2D eigenvalue weighted by Crippen LogP contribution is -2.36. The third kappa shape index (κ3) is 7.21. The smallest absolute Gasteiger partial charge is 0.408 e. The fraction of sp³-hybridized carbons (Fsp3) is 0.280. The van der Waals surface area contributed by atoms with Gasteiger partial charge in [-0.15, -0.1) is 0 Å². The van der Waals surface area contributed by atoms with E-state index in [9.17, 15) is 9.59 Å². The topological polar surface area (TPSA) is 117 Å². The molecule has 8 heteroatoms. The molecule has 0 aliphatic heterocycles. The van der Waals surface area contributed by atoms with E-state index >= 15 is 0 Å². The van der Waals surface area contributed by atoms with Crippen LogP contribution >= 0.6 is 0 Å². The number of hydrogen-bond donors (Lipinski definition) is 2. The monoisotopic (exact) mass is 446 g/mol. The van der Waals surface area contributed by atoms with Crippen LogP contribution in [0.5, 0.6) is 0 Å². The number of aromatic nitrogens is 2. The lowest BCUT2D eigenvalue weighted by Gasteiger charge is -2.22. The standard InChI is InChI=1S/C25H26N4O4/c1-25(2,3)33-24(31)29-20(13-22(30)32-16-18-7-5-4-6-8-18)23-27-15-21(28-23)19-11-9-17(14-26)10-12-19/h4-12,15,20H,13,16H2,1-3H3,(H,27,28)(H,29,31)/t20-/m0/s1. The van der Waals surface area contributed by atoms with Crippen LogP contribution in [0.25, 0.3) is 11.3 Å². The van der Waals surface area contributed by atoms with Crippen LogP contribution in [0.2, 0.25) is 0 Å². The van der Waals surface area contributed by atoms with Crippen molar-refractivity contribution in [1.29, 1.82) is 5.26 Å². The second-order valence-corrected chi connectivity index (χ2v) is 8.42. The number of benzene rings is 2. The summed E-state index contributed by atoms with van der Waals surface area (Å²) in [5.74, 6) is -0.104. The van der Waals surface area contributed by atoms with Crippen LogP contribution in [0.15, 0.2) is 60.8 Å². The van der Waals surface area contributed by atoms with Crippen molar-refractivity contribution in [2.45, 2.75) is 45.4 Å². The van der Waals surface area contributed by atoms with Crippen LogP contribution in [-0.4, -0.2) is 27.6 Å². The molecule has 0 saturated carbocycles. The van der Waals surface area contributed by atoms with Gasteiger partial charge in [0.2, 0.25) is 0 Å². The van der Waals surface area contributed by atoms with E-state index in [1.807, 2.05) is 30.3 Å². The number of amides is 1. The van der Waals surface area contributed by atoms with Crippen LogP contribution in [0, 0.1) is 11.3 Å². The molecule has 0 fully saturated rings. The predicted molar refractivity (Wildman–Crippen MR) is 122 cm³/mol. The molecule has 1 heterocycles. The summed E-state index contributed by atoms with van der Waals surface area (Å²) < 4.78 is 10.7. The second-order valence-electron chi connectivity index (χ2n) is 8.42. The molecule has 170 valence electrons. The molecule has 0 saturated heterocycles. The molecule has 0 spiro atoms. The van der Waals surface area contributed by atoms with E-state index in [4.69, 9.17) is 14.7 Å². The zero-order valence-electron chi connectivity index (χ0n) is 18.8. The van der Waals surface area contributed by atoms with Gasteiger partial charge in [0.05, 0.1) is 29.9 Å². The number of carbonyl (C=O) groups excluding carboxylic acids is 2. The third-order valence-corrected chi connectivity index (χ3v) is 4.55. The van der Waals surface area contributed by atoms with E-state index in [1.165, 1.54) is 0 Å². The minimum absolute atomic E-state index is 0.132. The molecule has 2 aromatic carbocycles. The minimum Gasteiger partial charge on any atom is -0.461 e. The molecule has 0 unspecified atom stereocenters. The molecule has 8 nitrogen and oxygen atoms in total. The van der Waals surface area contributed by atoms with Crippen LogP contribution in [0.3, 0.4) is 0 Å². The van der Waals surface area contributed by atoms with Gasteiger partial charge >= 0.3 is 12.1 Å². The fourth-order valence-electron chi connectivity index (χ4n) is 3.01. The van der Waals surface area contributed by atoms with Gasteiger partial charge in [-0.25, -0.2) is 9.78 Å². The van der Waals surface area contributed by atoms with E-state index in [2.05, 4.69) is 21.4 Å². The first-order valence-corrected chi connectivity index (χ1v) is 10.5. The SMILES string of the molecule is CC(C)(C)OC(=O)N[C@@H](CC(=O)OCc1ccccc1)c1ncc(-c2ccc(C#N)cc2)[nH]1. The molecular formula is C25H26N4O4. The largest absolute Gasteiger partial charge is 0.461 e. The average molecular weight is 447 g/mol. The summed E-state index contributed by atoms with van der Waals surface area (Å²) in [6.07, 6.45) is 0.807. The van der Waals surface area contributed by atoms with Crippen molar-refractivity contribution in [1.82, 2.24) is 15.3 Å². The average Bonchev–Trinajstić information content (AvgIpc) is 3.27. The maximum Gasteiger partial charge on any atom is 0.408 e. The van der Waals surface area contributed by atoms with Crippen molar-refractivity contribution in [2.75, 3.05) is 0 Å². The van der Waals surface area contributed by atoms with Crippen molar-refractivity contribution in [3.8, 4) is 17.3 Å². The molecule has 0 radical (unpaired) electrons. The van der Waals surface area contributed by atoms with E-state index in [0.29, 0.717) is 17.1 Å². The van der Waals surface area contributed by atoms with Crippen molar-refractivity contribution < 1.29 is 19.1 Å². The zero-order chi connectivity index (χ0) is 23.8. The van der Waals surface area contributed by atoms with Crippen LogP contribution in [0.4, 0.5) is 4.79 Å². The van der Waals surface area contributed by atoms with Gasteiger partial charge in [-0.05, 0) is 44.0 Å². The first kappa shape index (κ1) is 23.5.